The third-order valence-corrected chi connectivity index (χ3v) is 6.69. The fourth-order valence-electron chi connectivity index (χ4n) is 3.08. The number of hydrogen-bond donors (Lipinski definition) is 0. The summed E-state index contributed by atoms with van der Waals surface area (Å²) in [5.41, 5.74) is 0.441. The molecule has 2 heterocycles. The lowest BCUT2D eigenvalue weighted by Crippen LogP contribution is -2.40. The van der Waals surface area contributed by atoms with E-state index in [1.54, 1.807) is 0 Å². The van der Waals surface area contributed by atoms with Crippen LogP contribution in [0.5, 0.6) is 0 Å². The van der Waals surface area contributed by atoms with E-state index in [0.29, 0.717) is 18.8 Å². The van der Waals surface area contributed by atoms with Crippen molar-refractivity contribution in [3.05, 3.63) is 70.1 Å². The average molecular weight is 474 g/mol. The van der Waals surface area contributed by atoms with Crippen LogP contribution < -0.4 is 0 Å². The maximum atomic E-state index is 12.8. The first-order valence-electron chi connectivity index (χ1n) is 9.77. The molecule has 13 heteroatoms. The van der Waals surface area contributed by atoms with Crippen LogP contribution in [0.3, 0.4) is 0 Å². The van der Waals surface area contributed by atoms with Crippen molar-refractivity contribution >= 4 is 21.7 Å². The quantitative estimate of drug-likeness (QED) is 0.282. The normalized spacial score (nSPS) is 14.7. The van der Waals surface area contributed by atoms with Gasteiger partial charge < -0.3 is 13.9 Å². The Labute approximate surface area is 187 Å². The molecule has 33 heavy (non-hydrogen) atoms. The molecule has 1 aromatic heterocycles. The Kier molecular flexibility index (Phi) is 6.44. The lowest BCUT2D eigenvalue weighted by atomic mass is 10.2. The molecule has 1 fully saturated rings. The van der Waals surface area contributed by atoms with Gasteiger partial charge in [-0.2, -0.15) is 4.31 Å². The van der Waals surface area contributed by atoms with Crippen molar-refractivity contribution in [1.82, 2.24) is 14.5 Å². The highest BCUT2D eigenvalue weighted by molar-refractivity contribution is 7.89. The number of morpholine rings is 1. The van der Waals surface area contributed by atoms with Gasteiger partial charge in [-0.1, -0.05) is 6.07 Å². The first kappa shape index (κ1) is 22.5. The van der Waals surface area contributed by atoms with Crippen LogP contribution in [-0.2, 0) is 26.1 Å². The van der Waals surface area contributed by atoms with Gasteiger partial charge in [-0.15, -0.1) is 10.2 Å². The largest absolute Gasteiger partial charge is 0.452 e. The summed E-state index contributed by atoms with van der Waals surface area (Å²) in [4.78, 5) is 22.6. The number of ether oxygens (including phenoxy) is 2. The molecule has 0 N–H and O–H groups in total. The van der Waals surface area contributed by atoms with E-state index in [1.807, 2.05) is 0 Å². The van der Waals surface area contributed by atoms with Gasteiger partial charge in [-0.3, -0.25) is 10.1 Å². The number of benzene rings is 2. The number of nitro groups is 1. The van der Waals surface area contributed by atoms with E-state index in [1.165, 1.54) is 52.8 Å². The van der Waals surface area contributed by atoms with Crippen LogP contribution in [0, 0.1) is 10.1 Å². The van der Waals surface area contributed by atoms with E-state index in [2.05, 4.69) is 10.2 Å². The van der Waals surface area contributed by atoms with Crippen molar-refractivity contribution in [2.24, 2.45) is 0 Å². The summed E-state index contributed by atoms with van der Waals surface area (Å²) in [6, 6.07) is 11.1. The summed E-state index contributed by atoms with van der Waals surface area (Å²) in [6.07, 6.45) is 0. The number of nitro benzene ring substituents is 1. The SMILES string of the molecule is O=C(OCc1nnc(-c2ccc([N+](=O)[O-])cc2)o1)c1cccc(S(=O)(=O)N2CCOCC2)c1. The van der Waals surface area contributed by atoms with Crippen LogP contribution in [0.1, 0.15) is 16.2 Å². The predicted octanol–water partition coefficient (Wildman–Crippen LogP) is 2.02. The number of non-ortho nitro benzene ring substituents is 1. The zero-order chi connectivity index (χ0) is 23.4. The van der Waals surface area contributed by atoms with Gasteiger partial charge in [0.1, 0.15) is 0 Å². The van der Waals surface area contributed by atoms with Crippen molar-refractivity contribution in [1.29, 1.82) is 0 Å². The van der Waals surface area contributed by atoms with Crippen molar-refractivity contribution < 1.29 is 32.0 Å². The lowest BCUT2D eigenvalue weighted by molar-refractivity contribution is -0.384. The number of carbonyl (C=O) groups excluding carboxylic acids is 1. The summed E-state index contributed by atoms with van der Waals surface area (Å²) in [7, 11) is -3.76. The molecule has 0 saturated carbocycles. The minimum absolute atomic E-state index is 0.00814. The van der Waals surface area contributed by atoms with Crippen molar-refractivity contribution in [3.63, 3.8) is 0 Å². The number of esters is 1. The number of carbonyl (C=O) groups is 1. The molecule has 1 aliphatic heterocycles. The van der Waals surface area contributed by atoms with E-state index in [0.717, 1.165) is 0 Å². The number of aromatic nitrogens is 2. The van der Waals surface area contributed by atoms with E-state index in [9.17, 15) is 23.3 Å². The molecule has 172 valence electrons. The molecule has 0 radical (unpaired) electrons. The molecular weight excluding hydrogens is 456 g/mol. The van der Waals surface area contributed by atoms with Crippen molar-refractivity contribution in [2.45, 2.75) is 11.5 Å². The molecular formula is C20H18N4O8S. The first-order valence-corrected chi connectivity index (χ1v) is 11.2. The van der Waals surface area contributed by atoms with E-state index >= 15 is 0 Å². The summed E-state index contributed by atoms with van der Waals surface area (Å²) in [5, 5.41) is 18.4. The predicted molar refractivity (Wildman–Crippen MR) is 112 cm³/mol. The first-order chi connectivity index (χ1) is 15.8. The van der Waals surface area contributed by atoms with Gasteiger partial charge in [-0.05, 0) is 30.3 Å². The highest BCUT2D eigenvalue weighted by Crippen LogP contribution is 2.22. The number of sulfonamides is 1. The van der Waals surface area contributed by atoms with Crippen LogP contribution in [0.4, 0.5) is 5.69 Å². The van der Waals surface area contributed by atoms with Gasteiger partial charge in [0.15, 0.2) is 6.61 Å². The molecule has 12 nitrogen and oxygen atoms in total. The topological polar surface area (TPSA) is 155 Å². The molecule has 0 bridgehead atoms. The standard InChI is InChI=1S/C20H18N4O8S/c25-20(15-2-1-3-17(12-15)33(28,29)23-8-10-30-11-9-23)31-13-18-21-22-19(32-18)14-4-6-16(7-5-14)24(26)27/h1-7,12H,8-11,13H2. The summed E-state index contributed by atoms with van der Waals surface area (Å²) < 4.78 is 42.7. The van der Waals surface area contributed by atoms with Crippen LogP contribution in [0.25, 0.3) is 11.5 Å². The number of hydrogen-bond acceptors (Lipinski definition) is 10. The maximum absolute atomic E-state index is 12.8. The maximum Gasteiger partial charge on any atom is 0.338 e. The minimum Gasteiger partial charge on any atom is -0.452 e. The smallest absolute Gasteiger partial charge is 0.338 e. The van der Waals surface area contributed by atoms with Gasteiger partial charge in [0, 0.05) is 30.8 Å². The Bertz CT molecular complexity index is 1270. The molecule has 0 atom stereocenters. The molecule has 0 aliphatic carbocycles. The van der Waals surface area contributed by atoms with Crippen LogP contribution >= 0.6 is 0 Å². The number of nitrogens with zero attached hydrogens (tertiary/aromatic N) is 4. The third kappa shape index (κ3) is 5.05. The Morgan fingerprint density at radius 3 is 2.55 bits per heavy atom. The molecule has 4 rings (SSSR count). The van der Waals surface area contributed by atoms with E-state index in [-0.39, 0.29) is 47.6 Å². The second kappa shape index (κ2) is 9.44. The Morgan fingerprint density at radius 1 is 1.12 bits per heavy atom. The molecule has 0 spiro atoms. The Morgan fingerprint density at radius 2 is 1.85 bits per heavy atom. The molecule has 0 amide bonds. The fraction of sp³-hybridized carbons (Fsp3) is 0.250. The fourth-order valence-corrected chi connectivity index (χ4v) is 4.54. The second-order valence-electron chi connectivity index (χ2n) is 6.93. The third-order valence-electron chi connectivity index (χ3n) is 4.80. The molecule has 1 saturated heterocycles. The van der Waals surface area contributed by atoms with E-state index < -0.39 is 20.9 Å². The summed E-state index contributed by atoms with van der Waals surface area (Å²) in [5.74, 6) is -0.646. The van der Waals surface area contributed by atoms with Crippen molar-refractivity contribution in [2.75, 3.05) is 26.3 Å². The van der Waals surface area contributed by atoms with Gasteiger partial charge in [0.2, 0.25) is 15.9 Å². The van der Waals surface area contributed by atoms with Crippen LogP contribution in [-0.4, -0.2) is 60.1 Å². The van der Waals surface area contributed by atoms with E-state index in [4.69, 9.17) is 13.9 Å². The summed E-state index contributed by atoms with van der Waals surface area (Å²) in [6.45, 7) is 0.774. The zero-order valence-corrected chi connectivity index (χ0v) is 17.9. The van der Waals surface area contributed by atoms with Crippen molar-refractivity contribution in [3.8, 4) is 11.5 Å². The highest BCUT2D eigenvalue weighted by Gasteiger charge is 2.27. The number of rotatable bonds is 7. The zero-order valence-electron chi connectivity index (χ0n) is 17.1. The molecule has 1 aliphatic rings. The molecule has 3 aromatic rings. The van der Waals surface area contributed by atoms with Crippen LogP contribution in [0.2, 0.25) is 0 Å². The highest BCUT2D eigenvalue weighted by atomic mass is 32.2. The molecule has 0 unspecified atom stereocenters. The van der Waals surface area contributed by atoms with Gasteiger partial charge >= 0.3 is 5.97 Å². The van der Waals surface area contributed by atoms with Gasteiger partial charge in [-0.25, -0.2) is 13.2 Å². The Balaban J connectivity index is 1.41. The summed E-state index contributed by atoms with van der Waals surface area (Å²) >= 11 is 0. The molecule has 2 aromatic carbocycles. The minimum atomic E-state index is -3.76. The van der Waals surface area contributed by atoms with Gasteiger partial charge in [0.05, 0.1) is 28.6 Å². The van der Waals surface area contributed by atoms with Crippen LogP contribution in [0.15, 0.2) is 57.8 Å². The Hall–Kier alpha value is -3.68. The average Bonchev–Trinajstić information content (AvgIpc) is 3.32. The monoisotopic (exact) mass is 474 g/mol. The second-order valence-corrected chi connectivity index (χ2v) is 8.86. The van der Waals surface area contributed by atoms with Gasteiger partial charge in [0.25, 0.3) is 11.6 Å². The lowest BCUT2D eigenvalue weighted by Gasteiger charge is -2.26.